The second-order valence-corrected chi connectivity index (χ2v) is 4.77. The summed E-state index contributed by atoms with van der Waals surface area (Å²) in [5, 5.41) is 12.3. The fourth-order valence-electron chi connectivity index (χ4n) is 1.88. The number of carbonyl (C=O) groups is 1. The van der Waals surface area contributed by atoms with E-state index in [1.54, 1.807) is 19.1 Å². The molecule has 110 valence electrons. The first-order valence-electron chi connectivity index (χ1n) is 6.92. The van der Waals surface area contributed by atoms with Gasteiger partial charge in [-0.3, -0.25) is 4.79 Å². The number of amides is 1. The van der Waals surface area contributed by atoms with Crippen molar-refractivity contribution in [2.24, 2.45) is 0 Å². The van der Waals surface area contributed by atoms with Crippen molar-refractivity contribution in [2.45, 2.75) is 13.3 Å². The third-order valence-electron chi connectivity index (χ3n) is 3.08. The van der Waals surface area contributed by atoms with E-state index >= 15 is 0 Å². The second kappa shape index (κ2) is 7.33. The molecule has 4 nitrogen and oxygen atoms in total. The maximum absolute atomic E-state index is 11.9. The van der Waals surface area contributed by atoms with Crippen LogP contribution in [0.4, 0.5) is 0 Å². The minimum Gasteiger partial charge on any atom is -0.508 e. The highest BCUT2D eigenvalue weighted by Gasteiger charge is 2.06. The third kappa shape index (κ3) is 4.53. The fourth-order valence-corrected chi connectivity index (χ4v) is 1.88. The Labute approximate surface area is 124 Å². The molecule has 0 aromatic heterocycles. The summed E-state index contributed by atoms with van der Waals surface area (Å²) in [7, 11) is 0. The molecule has 0 aliphatic heterocycles. The normalized spacial score (nSPS) is 10.1. The number of ether oxygens (including phenoxy) is 1. The molecule has 0 fully saturated rings. The Hall–Kier alpha value is -2.49. The van der Waals surface area contributed by atoms with Gasteiger partial charge in [0.05, 0.1) is 6.61 Å². The van der Waals surface area contributed by atoms with Gasteiger partial charge in [0.1, 0.15) is 11.5 Å². The fraction of sp³-hybridized carbons (Fsp3) is 0.235. The monoisotopic (exact) mass is 285 g/mol. The molecule has 0 aliphatic rings. The van der Waals surface area contributed by atoms with Crippen LogP contribution in [0.25, 0.3) is 0 Å². The van der Waals surface area contributed by atoms with E-state index in [1.807, 2.05) is 30.3 Å². The summed E-state index contributed by atoms with van der Waals surface area (Å²) in [6.45, 7) is 2.87. The van der Waals surface area contributed by atoms with Gasteiger partial charge in [-0.2, -0.15) is 0 Å². The summed E-state index contributed by atoms with van der Waals surface area (Å²) in [5.41, 5.74) is 1.24. The molecule has 4 heteroatoms. The SMILES string of the molecule is Cc1cc(C(=O)NCCCOc2ccccc2)ccc1O. The number of phenolic OH excluding ortho intramolecular Hbond substituents is 1. The summed E-state index contributed by atoms with van der Waals surface area (Å²) in [6.07, 6.45) is 0.734. The van der Waals surface area contributed by atoms with Crippen LogP contribution in [0.5, 0.6) is 11.5 Å². The van der Waals surface area contributed by atoms with Gasteiger partial charge in [0.15, 0.2) is 0 Å². The van der Waals surface area contributed by atoms with Crippen LogP contribution in [0, 0.1) is 6.92 Å². The quantitative estimate of drug-likeness (QED) is 0.802. The van der Waals surface area contributed by atoms with Crippen molar-refractivity contribution in [1.29, 1.82) is 0 Å². The molecule has 0 unspecified atom stereocenters. The molecule has 0 radical (unpaired) electrons. The molecule has 2 aromatic rings. The lowest BCUT2D eigenvalue weighted by atomic mass is 10.1. The summed E-state index contributed by atoms with van der Waals surface area (Å²) >= 11 is 0. The number of nitrogens with one attached hydrogen (secondary N) is 1. The zero-order valence-corrected chi connectivity index (χ0v) is 12.0. The minimum atomic E-state index is -0.141. The zero-order valence-electron chi connectivity index (χ0n) is 12.0. The summed E-state index contributed by atoms with van der Waals surface area (Å²) in [6, 6.07) is 14.4. The van der Waals surface area contributed by atoms with Crippen molar-refractivity contribution in [1.82, 2.24) is 5.32 Å². The van der Waals surface area contributed by atoms with Crippen molar-refractivity contribution in [3.63, 3.8) is 0 Å². The van der Waals surface area contributed by atoms with Gasteiger partial charge >= 0.3 is 0 Å². The average Bonchev–Trinajstić information content (AvgIpc) is 2.50. The van der Waals surface area contributed by atoms with Crippen molar-refractivity contribution in [2.75, 3.05) is 13.2 Å². The van der Waals surface area contributed by atoms with Gasteiger partial charge in [-0.15, -0.1) is 0 Å². The topological polar surface area (TPSA) is 58.6 Å². The second-order valence-electron chi connectivity index (χ2n) is 4.77. The van der Waals surface area contributed by atoms with Crippen molar-refractivity contribution >= 4 is 5.91 Å². The molecule has 2 rings (SSSR count). The number of aromatic hydroxyl groups is 1. The Kier molecular flexibility index (Phi) is 5.21. The number of hydrogen-bond donors (Lipinski definition) is 2. The molecule has 0 spiro atoms. The van der Waals surface area contributed by atoms with Crippen LogP contribution in [0.2, 0.25) is 0 Å². The molecular formula is C17H19NO3. The first-order chi connectivity index (χ1) is 10.2. The number of benzene rings is 2. The van der Waals surface area contributed by atoms with Gasteiger partial charge < -0.3 is 15.2 Å². The van der Waals surface area contributed by atoms with Gasteiger partial charge in [-0.1, -0.05) is 18.2 Å². The first-order valence-corrected chi connectivity index (χ1v) is 6.92. The molecule has 0 aliphatic carbocycles. The number of para-hydroxylation sites is 1. The number of phenols is 1. The summed E-state index contributed by atoms with van der Waals surface area (Å²) in [5.74, 6) is 0.888. The lowest BCUT2D eigenvalue weighted by Gasteiger charge is -2.08. The van der Waals surface area contributed by atoms with Gasteiger partial charge in [-0.05, 0) is 49.2 Å². The highest BCUT2D eigenvalue weighted by atomic mass is 16.5. The Morgan fingerprint density at radius 1 is 1.19 bits per heavy atom. The molecular weight excluding hydrogens is 266 g/mol. The Morgan fingerprint density at radius 2 is 1.95 bits per heavy atom. The number of rotatable bonds is 6. The highest BCUT2D eigenvalue weighted by Crippen LogP contribution is 2.16. The Morgan fingerprint density at radius 3 is 2.67 bits per heavy atom. The Balaban J connectivity index is 1.71. The minimum absolute atomic E-state index is 0.141. The van der Waals surface area contributed by atoms with Crippen molar-refractivity contribution < 1.29 is 14.6 Å². The molecule has 1 amide bonds. The molecule has 2 N–H and O–H groups in total. The van der Waals surface area contributed by atoms with E-state index in [1.165, 1.54) is 6.07 Å². The van der Waals surface area contributed by atoms with Gasteiger partial charge in [0.25, 0.3) is 5.91 Å². The van der Waals surface area contributed by atoms with Crippen LogP contribution < -0.4 is 10.1 Å². The van der Waals surface area contributed by atoms with E-state index in [0.717, 1.165) is 12.2 Å². The van der Waals surface area contributed by atoms with E-state index in [4.69, 9.17) is 4.74 Å². The van der Waals surface area contributed by atoms with Crippen molar-refractivity contribution in [3.8, 4) is 11.5 Å². The van der Waals surface area contributed by atoms with E-state index in [9.17, 15) is 9.90 Å². The lowest BCUT2D eigenvalue weighted by Crippen LogP contribution is -2.25. The molecule has 0 saturated heterocycles. The number of carbonyl (C=O) groups excluding carboxylic acids is 1. The number of aryl methyl sites for hydroxylation is 1. The van der Waals surface area contributed by atoms with E-state index < -0.39 is 0 Å². The van der Waals surface area contributed by atoms with E-state index in [2.05, 4.69) is 5.32 Å². The molecule has 21 heavy (non-hydrogen) atoms. The van der Waals surface area contributed by atoms with Crippen LogP contribution >= 0.6 is 0 Å². The van der Waals surface area contributed by atoms with Crippen LogP contribution in [0.15, 0.2) is 48.5 Å². The standard InChI is InChI=1S/C17H19NO3/c1-13-12-14(8-9-16(13)19)17(20)18-10-5-11-21-15-6-3-2-4-7-15/h2-4,6-9,12,19H,5,10-11H2,1H3,(H,18,20). The zero-order chi connectivity index (χ0) is 15.1. The summed E-state index contributed by atoms with van der Waals surface area (Å²) in [4.78, 5) is 11.9. The van der Waals surface area contributed by atoms with Crippen LogP contribution in [0.3, 0.4) is 0 Å². The van der Waals surface area contributed by atoms with Gasteiger partial charge in [-0.25, -0.2) is 0 Å². The predicted molar refractivity (Wildman–Crippen MR) is 81.7 cm³/mol. The summed E-state index contributed by atoms with van der Waals surface area (Å²) < 4.78 is 5.54. The van der Waals surface area contributed by atoms with E-state index in [0.29, 0.717) is 24.3 Å². The average molecular weight is 285 g/mol. The van der Waals surface area contributed by atoms with E-state index in [-0.39, 0.29) is 11.7 Å². The van der Waals surface area contributed by atoms with Crippen LogP contribution in [-0.2, 0) is 0 Å². The molecule has 0 saturated carbocycles. The van der Waals surface area contributed by atoms with Crippen molar-refractivity contribution in [3.05, 3.63) is 59.7 Å². The van der Waals surface area contributed by atoms with Gasteiger partial charge in [0.2, 0.25) is 0 Å². The molecule has 2 aromatic carbocycles. The largest absolute Gasteiger partial charge is 0.508 e. The van der Waals surface area contributed by atoms with Crippen LogP contribution in [0.1, 0.15) is 22.3 Å². The lowest BCUT2D eigenvalue weighted by molar-refractivity contribution is 0.0951. The Bertz CT molecular complexity index is 596. The molecule has 0 heterocycles. The highest BCUT2D eigenvalue weighted by molar-refractivity contribution is 5.94. The third-order valence-corrected chi connectivity index (χ3v) is 3.08. The number of hydrogen-bond acceptors (Lipinski definition) is 3. The first kappa shape index (κ1) is 14.9. The predicted octanol–water partition coefficient (Wildman–Crippen LogP) is 2.90. The smallest absolute Gasteiger partial charge is 0.251 e. The maximum Gasteiger partial charge on any atom is 0.251 e. The molecule has 0 bridgehead atoms. The van der Waals surface area contributed by atoms with Crippen LogP contribution in [-0.4, -0.2) is 24.2 Å². The maximum atomic E-state index is 11.9. The van der Waals surface area contributed by atoms with Gasteiger partial charge in [0, 0.05) is 12.1 Å². The molecule has 0 atom stereocenters.